The van der Waals surface area contributed by atoms with E-state index in [0.29, 0.717) is 24.4 Å². The van der Waals surface area contributed by atoms with Gasteiger partial charge in [0.05, 0.1) is 31.8 Å². The summed E-state index contributed by atoms with van der Waals surface area (Å²) >= 11 is 0. The third kappa shape index (κ3) is 4.20. The minimum atomic E-state index is -1.28. The van der Waals surface area contributed by atoms with Crippen molar-refractivity contribution in [3.63, 3.8) is 0 Å². The van der Waals surface area contributed by atoms with Crippen LogP contribution in [0.15, 0.2) is 24.3 Å². The Morgan fingerprint density at radius 3 is 2.67 bits per heavy atom. The van der Waals surface area contributed by atoms with Crippen molar-refractivity contribution in [2.75, 3.05) is 47.6 Å². The molecule has 30 heavy (non-hydrogen) atoms. The SMILES string of the molecule is COCCN1C(=O)C[C@](CC(=O)N2CCC[C@H](OC)C2)(c2ccccc2OC)C1=O. The standard InChI is InChI=1S/C22H30N2O6/c1-28-12-11-24-20(26)14-22(21(24)27,17-8-4-5-9-18(17)30-3)13-19(25)23-10-6-7-16(15-23)29-2/h4-5,8-9,16H,6-7,10-15H2,1-3H3/t16-,22+/m0/s1. The minimum Gasteiger partial charge on any atom is -0.496 e. The van der Waals surface area contributed by atoms with Gasteiger partial charge in [-0.15, -0.1) is 0 Å². The van der Waals surface area contributed by atoms with Gasteiger partial charge in [-0.3, -0.25) is 19.3 Å². The number of rotatable bonds is 8. The van der Waals surface area contributed by atoms with Gasteiger partial charge in [0.25, 0.3) is 0 Å². The Kier molecular flexibility index (Phi) is 7.10. The first kappa shape index (κ1) is 22.2. The van der Waals surface area contributed by atoms with E-state index < -0.39 is 5.41 Å². The predicted octanol–water partition coefficient (Wildman–Crippen LogP) is 1.37. The Labute approximate surface area is 177 Å². The summed E-state index contributed by atoms with van der Waals surface area (Å²) in [6.45, 7) is 1.52. The molecule has 0 unspecified atom stereocenters. The Morgan fingerprint density at radius 1 is 1.20 bits per heavy atom. The fourth-order valence-electron chi connectivity index (χ4n) is 4.42. The van der Waals surface area contributed by atoms with Crippen molar-refractivity contribution in [3.8, 4) is 5.75 Å². The van der Waals surface area contributed by atoms with Crippen molar-refractivity contribution in [3.05, 3.63) is 29.8 Å². The van der Waals surface area contributed by atoms with Crippen molar-refractivity contribution in [2.24, 2.45) is 0 Å². The lowest BCUT2D eigenvalue weighted by Gasteiger charge is -2.35. The number of carbonyl (C=O) groups is 3. The number of amides is 3. The highest BCUT2D eigenvalue weighted by molar-refractivity contribution is 6.11. The van der Waals surface area contributed by atoms with Crippen LogP contribution in [-0.2, 0) is 29.3 Å². The molecule has 3 rings (SSSR count). The van der Waals surface area contributed by atoms with E-state index in [0.717, 1.165) is 12.8 Å². The molecule has 3 amide bonds. The number of likely N-dealkylation sites (tertiary alicyclic amines) is 2. The van der Waals surface area contributed by atoms with E-state index in [1.165, 1.54) is 19.1 Å². The maximum atomic E-state index is 13.5. The van der Waals surface area contributed by atoms with Gasteiger partial charge < -0.3 is 19.1 Å². The number of piperidine rings is 1. The van der Waals surface area contributed by atoms with Gasteiger partial charge in [-0.05, 0) is 18.9 Å². The van der Waals surface area contributed by atoms with Crippen LogP contribution in [0.4, 0.5) is 0 Å². The molecular weight excluding hydrogens is 388 g/mol. The summed E-state index contributed by atoms with van der Waals surface area (Å²) in [7, 11) is 4.68. The summed E-state index contributed by atoms with van der Waals surface area (Å²) in [6, 6.07) is 7.11. The van der Waals surface area contributed by atoms with Crippen molar-refractivity contribution >= 4 is 17.7 Å². The predicted molar refractivity (Wildman–Crippen MR) is 109 cm³/mol. The first-order chi connectivity index (χ1) is 14.5. The van der Waals surface area contributed by atoms with E-state index in [1.807, 2.05) is 0 Å². The number of para-hydroxylation sites is 1. The monoisotopic (exact) mass is 418 g/mol. The van der Waals surface area contributed by atoms with Crippen LogP contribution in [0.25, 0.3) is 0 Å². The van der Waals surface area contributed by atoms with Crippen LogP contribution in [0, 0.1) is 0 Å². The van der Waals surface area contributed by atoms with Crippen molar-refractivity contribution in [2.45, 2.75) is 37.2 Å². The second-order valence-electron chi connectivity index (χ2n) is 7.82. The van der Waals surface area contributed by atoms with Crippen LogP contribution in [0.5, 0.6) is 5.75 Å². The molecule has 8 nitrogen and oxygen atoms in total. The largest absolute Gasteiger partial charge is 0.496 e. The summed E-state index contributed by atoms with van der Waals surface area (Å²) < 4.78 is 16.0. The molecule has 0 bridgehead atoms. The quantitative estimate of drug-likeness (QED) is 0.593. The molecule has 0 aromatic heterocycles. The average molecular weight is 418 g/mol. The highest BCUT2D eigenvalue weighted by Gasteiger charge is 2.55. The third-order valence-corrected chi connectivity index (χ3v) is 6.07. The van der Waals surface area contributed by atoms with E-state index in [2.05, 4.69) is 0 Å². The van der Waals surface area contributed by atoms with E-state index in [1.54, 1.807) is 36.3 Å². The Morgan fingerprint density at radius 2 is 1.97 bits per heavy atom. The smallest absolute Gasteiger partial charge is 0.241 e. The average Bonchev–Trinajstić information content (AvgIpc) is 3.01. The molecule has 2 heterocycles. The van der Waals surface area contributed by atoms with Crippen LogP contribution in [0.2, 0.25) is 0 Å². The van der Waals surface area contributed by atoms with Crippen LogP contribution in [0.3, 0.4) is 0 Å². The number of hydrogen-bond donors (Lipinski definition) is 0. The first-order valence-corrected chi connectivity index (χ1v) is 10.2. The Balaban J connectivity index is 1.96. The molecule has 0 spiro atoms. The Hall–Kier alpha value is -2.45. The van der Waals surface area contributed by atoms with E-state index in [4.69, 9.17) is 14.2 Å². The summed E-state index contributed by atoms with van der Waals surface area (Å²) in [5.41, 5.74) is -0.714. The number of nitrogens with zero attached hydrogens (tertiary/aromatic N) is 2. The number of imide groups is 1. The fourth-order valence-corrected chi connectivity index (χ4v) is 4.42. The van der Waals surface area contributed by atoms with Gasteiger partial charge in [-0.1, -0.05) is 18.2 Å². The van der Waals surface area contributed by atoms with Crippen molar-refractivity contribution in [1.82, 2.24) is 9.80 Å². The molecule has 0 aliphatic carbocycles. The zero-order valence-corrected chi connectivity index (χ0v) is 17.9. The Bertz CT molecular complexity index is 798. The molecule has 2 aliphatic heterocycles. The van der Waals surface area contributed by atoms with Crippen LogP contribution < -0.4 is 4.74 Å². The highest BCUT2D eigenvalue weighted by Crippen LogP contribution is 2.44. The second-order valence-corrected chi connectivity index (χ2v) is 7.82. The molecule has 2 saturated heterocycles. The number of carbonyl (C=O) groups excluding carboxylic acids is 3. The normalized spacial score (nSPS) is 24.4. The van der Waals surface area contributed by atoms with Gasteiger partial charge in [0, 0.05) is 45.7 Å². The molecule has 2 atom stereocenters. The van der Waals surface area contributed by atoms with Crippen molar-refractivity contribution < 1.29 is 28.6 Å². The maximum Gasteiger partial charge on any atom is 0.241 e. The van der Waals surface area contributed by atoms with Gasteiger partial charge in [0.2, 0.25) is 17.7 Å². The van der Waals surface area contributed by atoms with E-state index >= 15 is 0 Å². The zero-order chi connectivity index (χ0) is 21.7. The fraction of sp³-hybridized carbons (Fsp3) is 0.591. The van der Waals surface area contributed by atoms with Gasteiger partial charge in [-0.25, -0.2) is 0 Å². The summed E-state index contributed by atoms with van der Waals surface area (Å²) in [4.78, 5) is 42.6. The first-order valence-electron chi connectivity index (χ1n) is 10.2. The van der Waals surface area contributed by atoms with Gasteiger partial charge in [-0.2, -0.15) is 0 Å². The number of methoxy groups -OCH3 is 3. The number of hydrogen-bond acceptors (Lipinski definition) is 6. The van der Waals surface area contributed by atoms with Gasteiger partial charge >= 0.3 is 0 Å². The van der Waals surface area contributed by atoms with E-state index in [9.17, 15) is 14.4 Å². The third-order valence-electron chi connectivity index (χ3n) is 6.07. The maximum absolute atomic E-state index is 13.5. The second kappa shape index (κ2) is 9.57. The zero-order valence-electron chi connectivity index (χ0n) is 17.9. The number of ether oxygens (including phenoxy) is 3. The van der Waals surface area contributed by atoms with Gasteiger partial charge in [0.1, 0.15) is 5.75 Å². The number of benzene rings is 1. The lowest BCUT2D eigenvalue weighted by atomic mass is 9.75. The molecule has 1 aromatic carbocycles. The molecule has 1 aromatic rings. The van der Waals surface area contributed by atoms with Crippen molar-refractivity contribution in [1.29, 1.82) is 0 Å². The molecule has 0 radical (unpaired) electrons. The molecule has 0 N–H and O–H groups in total. The van der Waals surface area contributed by atoms with Crippen LogP contribution in [0.1, 0.15) is 31.2 Å². The molecular formula is C22H30N2O6. The summed E-state index contributed by atoms with van der Waals surface area (Å²) in [5, 5.41) is 0. The molecule has 164 valence electrons. The highest BCUT2D eigenvalue weighted by atomic mass is 16.5. The summed E-state index contributed by atoms with van der Waals surface area (Å²) in [5.74, 6) is -0.335. The van der Waals surface area contributed by atoms with Gasteiger partial charge in [0.15, 0.2) is 0 Å². The minimum absolute atomic E-state index is 0.0102. The molecule has 2 fully saturated rings. The molecule has 0 saturated carbocycles. The summed E-state index contributed by atoms with van der Waals surface area (Å²) in [6.07, 6.45) is 1.59. The topological polar surface area (TPSA) is 85.4 Å². The molecule has 2 aliphatic rings. The molecule has 8 heteroatoms. The van der Waals surface area contributed by atoms with Crippen LogP contribution >= 0.6 is 0 Å². The van der Waals surface area contributed by atoms with Crippen LogP contribution in [-0.4, -0.2) is 81.2 Å². The van der Waals surface area contributed by atoms with E-state index in [-0.39, 0.29) is 49.8 Å². The lowest BCUT2D eigenvalue weighted by molar-refractivity contribution is -0.144. The lowest BCUT2D eigenvalue weighted by Crippen LogP contribution is -2.47.